The van der Waals surface area contributed by atoms with Crippen LogP contribution in [0, 0.1) is 0 Å². The number of pyridine rings is 1. The molecule has 2 heterocycles. The van der Waals surface area contributed by atoms with Crippen molar-refractivity contribution in [1.29, 1.82) is 0 Å². The van der Waals surface area contributed by atoms with E-state index in [1.165, 1.54) is 11.8 Å². The highest BCUT2D eigenvalue weighted by molar-refractivity contribution is 9.11. The number of amides is 1. The molecule has 1 aromatic heterocycles. The van der Waals surface area contributed by atoms with Crippen molar-refractivity contribution in [2.45, 2.75) is 0 Å². The van der Waals surface area contributed by atoms with Crippen molar-refractivity contribution in [1.82, 2.24) is 10.3 Å². The molecule has 2 aromatic carbocycles. The fourth-order valence-electron chi connectivity index (χ4n) is 2.51. The number of halogens is 2. The maximum Gasteiger partial charge on any atom is 0.264 e. The Kier molecular flexibility index (Phi) is 4.93. The summed E-state index contributed by atoms with van der Waals surface area (Å²) in [7, 11) is 0. The molecule has 0 atom stereocenters. The summed E-state index contributed by atoms with van der Waals surface area (Å²) in [4.78, 5) is 21.9. The SMILES string of the molecule is O=C1NC(=Nc2ccc(Br)c3cccnc23)S/C1=C\c1ccc(Br)cc1. The van der Waals surface area contributed by atoms with Gasteiger partial charge in [-0.15, -0.1) is 0 Å². The van der Waals surface area contributed by atoms with Gasteiger partial charge in [0.2, 0.25) is 0 Å². The first kappa shape index (κ1) is 17.5. The van der Waals surface area contributed by atoms with E-state index in [1.807, 2.05) is 54.6 Å². The van der Waals surface area contributed by atoms with Crippen LogP contribution in [0.15, 0.2) is 73.6 Å². The van der Waals surface area contributed by atoms with E-state index >= 15 is 0 Å². The molecule has 26 heavy (non-hydrogen) atoms. The Morgan fingerprint density at radius 3 is 2.69 bits per heavy atom. The van der Waals surface area contributed by atoms with Gasteiger partial charge < -0.3 is 5.32 Å². The van der Waals surface area contributed by atoms with Crippen LogP contribution in [0.3, 0.4) is 0 Å². The summed E-state index contributed by atoms with van der Waals surface area (Å²) in [5, 5.41) is 4.35. The first-order chi connectivity index (χ1) is 12.6. The number of hydrogen-bond donors (Lipinski definition) is 1. The largest absolute Gasteiger partial charge is 0.300 e. The third-order valence-electron chi connectivity index (χ3n) is 3.74. The fraction of sp³-hybridized carbons (Fsp3) is 0. The zero-order valence-electron chi connectivity index (χ0n) is 13.2. The molecule has 1 amide bonds. The molecule has 0 bridgehead atoms. The molecule has 3 aromatic rings. The maximum absolute atomic E-state index is 12.3. The lowest BCUT2D eigenvalue weighted by Gasteiger charge is -2.03. The highest BCUT2D eigenvalue weighted by Crippen LogP contribution is 2.33. The van der Waals surface area contributed by atoms with Gasteiger partial charge in [0.15, 0.2) is 5.17 Å². The quantitative estimate of drug-likeness (QED) is 0.474. The van der Waals surface area contributed by atoms with Gasteiger partial charge in [-0.1, -0.05) is 50.1 Å². The average molecular weight is 489 g/mol. The normalized spacial score (nSPS) is 17.2. The topological polar surface area (TPSA) is 54.4 Å². The minimum atomic E-state index is -0.147. The van der Waals surface area contributed by atoms with Crippen LogP contribution < -0.4 is 5.32 Å². The predicted molar refractivity (Wildman–Crippen MR) is 114 cm³/mol. The first-order valence-corrected chi connectivity index (χ1v) is 10.1. The summed E-state index contributed by atoms with van der Waals surface area (Å²) in [5.41, 5.74) is 2.47. The van der Waals surface area contributed by atoms with Crippen LogP contribution >= 0.6 is 43.6 Å². The number of nitrogens with one attached hydrogen (secondary N) is 1. The number of carbonyl (C=O) groups is 1. The number of aromatic nitrogens is 1. The van der Waals surface area contributed by atoms with Gasteiger partial charge in [0.1, 0.15) is 0 Å². The molecule has 128 valence electrons. The number of benzene rings is 2. The number of amidine groups is 1. The highest BCUT2D eigenvalue weighted by atomic mass is 79.9. The second kappa shape index (κ2) is 7.34. The second-order valence-electron chi connectivity index (χ2n) is 5.50. The van der Waals surface area contributed by atoms with E-state index in [9.17, 15) is 4.79 Å². The van der Waals surface area contributed by atoms with Crippen molar-refractivity contribution in [3.05, 3.63) is 74.1 Å². The van der Waals surface area contributed by atoms with Crippen molar-refractivity contribution in [3.8, 4) is 0 Å². The molecule has 1 N–H and O–H groups in total. The van der Waals surface area contributed by atoms with Crippen molar-refractivity contribution in [2.75, 3.05) is 0 Å². The molecule has 7 heteroatoms. The monoisotopic (exact) mass is 487 g/mol. The van der Waals surface area contributed by atoms with Crippen molar-refractivity contribution in [3.63, 3.8) is 0 Å². The van der Waals surface area contributed by atoms with Gasteiger partial charge in [0.25, 0.3) is 5.91 Å². The van der Waals surface area contributed by atoms with Crippen LogP contribution in [-0.4, -0.2) is 16.1 Å². The molecular formula is C19H11Br2N3OS. The second-order valence-corrected chi connectivity index (χ2v) is 8.30. The summed E-state index contributed by atoms with van der Waals surface area (Å²) in [6, 6.07) is 15.5. The van der Waals surface area contributed by atoms with E-state index in [2.05, 4.69) is 47.2 Å². The summed E-state index contributed by atoms with van der Waals surface area (Å²) in [6.07, 6.45) is 3.59. The number of fused-ring (bicyclic) bond motifs is 1. The smallest absolute Gasteiger partial charge is 0.264 e. The van der Waals surface area contributed by atoms with E-state index < -0.39 is 0 Å². The predicted octanol–water partition coefficient (Wildman–Crippen LogP) is 5.65. The molecule has 0 aliphatic carbocycles. The van der Waals surface area contributed by atoms with Gasteiger partial charge >= 0.3 is 0 Å². The van der Waals surface area contributed by atoms with Crippen LogP contribution in [0.2, 0.25) is 0 Å². The number of thioether (sulfide) groups is 1. The molecule has 0 unspecified atom stereocenters. The van der Waals surface area contributed by atoms with Crippen LogP contribution in [0.4, 0.5) is 5.69 Å². The lowest BCUT2D eigenvalue weighted by atomic mass is 10.2. The van der Waals surface area contributed by atoms with E-state index in [1.54, 1.807) is 6.20 Å². The van der Waals surface area contributed by atoms with Gasteiger partial charge in [-0.3, -0.25) is 9.78 Å². The Balaban J connectivity index is 1.67. The number of aliphatic imine (C=N–C) groups is 1. The molecule has 1 aliphatic rings. The average Bonchev–Trinajstić information content (AvgIpc) is 2.99. The zero-order chi connectivity index (χ0) is 18.1. The lowest BCUT2D eigenvalue weighted by molar-refractivity contribution is -0.115. The number of nitrogens with zero attached hydrogens (tertiary/aromatic N) is 2. The minimum Gasteiger partial charge on any atom is -0.300 e. The first-order valence-electron chi connectivity index (χ1n) is 7.68. The Hall–Kier alpha value is -1.96. The molecule has 1 fully saturated rings. The van der Waals surface area contributed by atoms with Crippen molar-refractivity contribution >= 4 is 77.4 Å². The van der Waals surface area contributed by atoms with Crippen LogP contribution in [0.5, 0.6) is 0 Å². The number of rotatable bonds is 2. The van der Waals surface area contributed by atoms with Crippen LogP contribution in [0.25, 0.3) is 17.0 Å². The lowest BCUT2D eigenvalue weighted by Crippen LogP contribution is -2.19. The van der Waals surface area contributed by atoms with Gasteiger partial charge in [-0.25, -0.2) is 4.99 Å². The maximum atomic E-state index is 12.3. The van der Waals surface area contributed by atoms with Gasteiger partial charge in [0, 0.05) is 20.5 Å². The van der Waals surface area contributed by atoms with E-state index in [4.69, 9.17) is 0 Å². The Labute approximate surface area is 171 Å². The minimum absolute atomic E-state index is 0.147. The number of carbonyl (C=O) groups excluding carboxylic acids is 1. The van der Waals surface area contributed by atoms with Gasteiger partial charge in [0.05, 0.1) is 16.1 Å². The van der Waals surface area contributed by atoms with E-state index in [0.717, 1.165) is 31.1 Å². The molecule has 0 radical (unpaired) electrons. The summed E-state index contributed by atoms with van der Waals surface area (Å²) < 4.78 is 1.96. The van der Waals surface area contributed by atoms with E-state index in [-0.39, 0.29) is 5.91 Å². The van der Waals surface area contributed by atoms with Crippen molar-refractivity contribution in [2.24, 2.45) is 4.99 Å². The third-order valence-corrected chi connectivity index (χ3v) is 5.87. The zero-order valence-corrected chi connectivity index (χ0v) is 17.2. The van der Waals surface area contributed by atoms with Crippen LogP contribution in [-0.2, 0) is 4.79 Å². The summed E-state index contributed by atoms with van der Waals surface area (Å²) >= 11 is 8.26. The standard InChI is InChI=1S/C19H11Br2N3OS/c20-12-5-3-11(4-6-12)10-16-18(25)24-19(26-16)23-15-8-7-14(21)13-2-1-9-22-17(13)15/h1-10H,(H,23,24,25)/b16-10-. The summed E-state index contributed by atoms with van der Waals surface area (Å²) in [6.45, 7) is 0. The molecule has 4 nitrogen and oxygen atoms in total. The van der Waals surface area contributed by atoms with E-state index in [0.29, 0.717) is 10.1 Å². The number of hydrogen-bond acceptors (Lipinski definition) is 4. The molecule has 4 rings (SSSR count). The third kappa shape index (κ3) is 3.60. The molecular weight excluding hydrogens is 478 g/mol. The molecule has 1 saturated heterocycles. The molecule has 0 spiro atoms. The Bertz CT molecular complexity index is 1080. The Morgan fingerprint density at radius 2 is 1.88 bits per heavy atom. The molecule has 1 aliphatic heterocycles. The van der Waals surface area contributed by atoms with Crippen LogP contribution in [0.1, 0.15) is 5.56 Å². The van der Waals surface area contributed by atoms with Gasteiger partial charge in [-0.2, -0.15) is 0 Å². The summed E-state index contributed by atoms with van der Waals surface area (Å²) in [5.74, 6) is -0.147. The van der Waals surface area contributed by atoms with Crippen molar-refractivity contribution < 1.29 is 4.79 Å². The fourth-order valence-corrected chi connectivity index (χ4v) is 4.06. The highest BCUT2D eigenvalue weighted by Gasteiger charge is 2.24. The Morgan fingerprint density at radius 1 is 1.08 bits per heavy atom. The molecule has 0 saturated carbocycles. The van der Waals surface area contributed by atoms with Gasteiger partial charge in [-0.05, 0) is 53.7 Å².